The summed E-state index contributed by atoms with van der Waals surface area (Å²) in [5.74, 6) is -0.160. The van der Waals surface area contributed by atoms with Gasteiger partial charge in [-0.1, -0.05) is 281 Å². The Labute approximate surface area is 670 Å². The second-order valence-electron chi connectivity index (χ2n) is 28.9. The molecule has 0 saturated heterocycles. The van der Waals surface area contributed by atoms with Crippen molar-refractivity contribution in [1.82, 2.24) is 0 Å². The monoisotopic (exact) mass is 1570 g/mol. The maximum absolute atomic E-state index is 12.7. The number of ketones is 4. The lowest BCUT2D eigenvalue weighted by Gasteiger charge is -2.35. The van der Waals surface area contributed by atoms with Crippen molar-refractivity contribution in [3.63, 3.8) is 0 Å². The Balaban J connectivity index is -0.000000181. The van der Waals surface area contributed by atoms with E-state index in [2.05, 4.69) is 149 Å². The number of halogens is 1. The molecule has 7 aromatic rings. The van der Waals surface area contributed by atoms with Gasteiger partial charge in [-0.05, 0) is 143 Å². The number of nitriles is 2. The van der Waals surface area contributed by atoms with Crippen molar-refractivity contribution in [2.45, 2.75) is 218 Å². The molecule has 110 heavy (non-hydrogen) atoms. The Kier molecular flexibility index (Phi) is 65.8. The van der Waals surface area contributed by atoms with Gasteiger partial charge in [-0.15, -0.1) is 26.3 Å². The van der Waals surface area contributed by atoms with Gasteiger partial charge in [0.25, 0.3) is 0 Å². The van der Waals surface area contributed by atoms with Gasteiger partial charge in [0.15, 0.2) is 54.5 Å². The molecule has 0 heterocycles. The van der Waals surface area contributed by atoms with Gasteiger partial charge in [0.1, 0.15) is 35.4 Å². The van der Waals surface area contributed by atoms with E-state index in [4.69, 9.17) is 23.8 Å². The lowest BCUT2D eigenvalue weighted by molar-refractivity contribution is -0.884. The van der Waals surface area contributed by atoms with Gasteiger partial charge in [-0.2, -0.15) is 10.5 Å². The average molecular weight is 1570 g/mol. The molecule has 0 radical (unpaired) electrons. The fraction of sp³-hybridized carbons (Fsp3) is 0.387. The highest BCUT2D eigenvalue weighted by molar-refractivity contribution is 6.70. The lowest BCUT2D eigenvalue weighted by Crippen LogP contribution is -2.46. The normalized spacial score (nSPS) is 12.1. The predicted molar refractivity (Wildman–Crippen MR) is 476 cm³/mol. The highest BCUT2D eigenvalue weighted by Crippen LogP contribution is 2.29. The number of carbonyl (C=O) groups excluding carboxylic acids is 5. The number of allylic oxidation sites excluding steroid dienone is 4. The minimum atomic E-state index is -1.79. The van der Waals surface area contributed by atoms with Crippen LogP contribution in [0.3, 0.4) is 0 Å². The summed E-state index contributed by atoms with van der Waals surface area (Å²) in [4.78, 5) is 56.7. The van der Waals surface area contributed by atoms with Gasteiger partial charge >= 0.3 is 0 Å². The van der Waals surface area contributed by atoms with Crippen LogP contribution in [0.2, 0.25) is 58.9 Å². The molecule has 0 bridgehead atoms. The van der Waals surface area contributed by atoms with Crippen LogP contribution >= 0.6 is 0 Å². The number of Topliss-reactive ketones (excluding diaryl/α,β-unsaturated/α-hetero) is 4. The van der Waals surface area contributed by atoms with E-state index in [-0.39, 0.29) is 72.4 Å². The van der Waals surface area contributed by atoms with Gasteiger partial charge in [0.2, 0.25) is 0 Å². The van der Waals surface area contributed by atoms with Crippen LogP contribution in [0.15, 0.2) is 263 Å². The first-order valence-electron chi connectivity index (χ1n) is 34.7. The molecule has 2 N–H and O–H groups in total. The minimum Gasteiger partial charge on any atom is -0.405 e. The Morgan fingerprint density at radius 3 is 0.955 bits per heavy atom. The molecule has 0 aliphatic carbocycles. The SMILES string of the molecule is C.C.C.C.C.C.C=CCCC(C)(O)C(=O)c1ccccc1.C=CCCC(C)(O)C(=O)c1ccccc1.C=CCCC(C)(O[Si](C)(C)C)C(=O)c1ccccc1.C=CCCC(C)=O.C[N+](C)(C)Cc1ccccc1.C[Si](C)(C)OC(C#N)c1ccccc1.C[Si](C)(C)OC(C#N)c1ccccc1.F.O=Cc1ccccc1. The zero-order valence-electron chi connectivity index (χ0n) is 64.9. The molecule has 0 fully saturated rings. The van der Waals surface area contributed by atoms with Crippen molar-refractivity contribution in [3.8, 4) is 12.1 Å². The summed E-state index contributed by atoms with van der Waals surface area (Å²) in [6, 6.07) is 70.4. The van der Waals surface area contributed by atoms with Gasteiger partial charge in [0.05, 0.1) is 33.3 Å². The van der Waals surface area contributed by atoms with Gasteiger partial charge in [0, 0.05) is 34.2 Å². The van der Waals surface area contributed by atoms with E-state index in [0.29, 0.717) is 55.2 Å². The minimum absolute atomic E-state index is 0. The fourth-order valence-corrected chi connectivity index (χ4v) is 12.6. The number of nitrogens with zero attached hydrogens (tertiary/aromatic N) is 3. The summed E-state index contributed by atoms with van der Waals surface area (Å²) < 4.78 is 18.7. The van der Waals surface area contributed by atoms with Crippen molar-refractivity contribution in [1.29, 1.82) is 10.5 Å². The molecule has 17 heteroatoms. The molecular weight excluding hydrogens is 1420 g/mol. The Morgan fingerprint density at radius 2 is 0.718 bits per heavy atom. The second kappa shape index (κ2) is 61.9. The molecular formula is C93H143FN3O10Si3+. The summed E-state index contributed by atoms with van der Waals surface area (Å²) in [5.41, 5.74) is 2.48. The molecule has 0 saturated carbocycles. The Bertz CT molecular complexity index is 3500. The third kappa shape index (κ3) is 55.5. The maximum atomic E-state index is 12.7. The van der Waals surface area contributed by atoms with E-state index in [9.17, 15) is 34.2 Å². The van der Waals surface area contributed by atoms with Crippen LogP contribution in [0.5, 0.6) is 0 Å². The first-order chi connectivity index (χ1) is 48.3. The number of hydrogen-bond donors (Lipinski definition) is 2. The van der Waals surface area contributed by atoms with E-state index >= 15 is 0 Å². The number of rotatable bonds is 29. The summed E-state index contributed by atoms with van der Waals surface area (Å²) in [6.45, 7) is 40.9. The first kappa shape index (κ1) is 117. The largest absolute Gasteiger partial charge is 0.405 e. The Hall–Kier alpha value is -8.83. The van der Waals surface area contributed by atoms with Crippen molar-refractivity contribution < 1.29 is 56.7 Å². The topological polar surface area (TPSA) is 201 Å². The zero-order chi connectivity index (χ0) is 78.2. The van der Waals surface area contributed by atoms with Crippen molar-refractivity contribution in [2.75, 3.05) is 21.1 Å². The molecule has 13 nitrogen and oxygen atoms in total. The molecule has 0 aliphatic rings. The summed E-state index contributed by atoms with van der Waals surface area (Å²) in [6.07, 6.45) is 12.0. The molecule has 608 valence electrons. The third-order valence-electron chi connectivity index (χ3n) is 14.1. The Morgan fingerprint density at radius 1 is 0.445 bits per heavy atom. The van der Waals surface area contributed by atoms with E-state index < -0.39 is 54.0 Å². The number of hydrogen-bond acceptors (Lipinski definition) is 12. The van der Waals surface area contributed by atoms with Crippen LogP contribution in [0.1, 0.15) is 194 Å². The van der Waals surface area contributed by atoms with Crippen molar-refractivity contribution >= 4 is 54.4 Å². The van der Waals surface area contributed by atoms with Crippen LogP contribution in [0.4, 0.5) is 4.70 Å². The highest BCUT2D eigenvalue weighted by Gasteiger charge is 2.38. The predicted octanol–water partition coefficient (Wildman–Crippen LogP) is 24.7. The standard InChI is InChI=1S/C16H24O2Si.2C13H16O2.2C11H15NOSi.C10H16N.C7H6O.C6H10O.6CH4.FH/c1-6-7-13-16(2,18-19(3,4)5)15(17)14-11-9-8-10-12-14;2*1-3-4-10-13(2,15)12(14)11-8-6-5-7-9-11;2*1-14(2,3)13-11(9-12)10-7-5-4-6-8-10;1-11(2,3)9-10-7-5-4-6-8-10;8-6-7-4-2-1-3-5-7;1-3-4-5-6(2)7;;;;;;;/h6,8-12H,1,7,13H2,2-5H3;2*3,5-9,15H,1,4,10H2,2H3;2*4-8,11H,1-3H3;4-8H,9H2,1-3H3;1-6H;3H,1,4-5H2,2H3;6*1H4;1H/q;;;;;+1;;;;;;;;;. The van der Waals surface area contributed by atoms with Crippen molar-refractivity contribution in [3.05, 3.63) is 302 Å². The molecule has 5 unspecified atom stereocenters. The summed E-state index contributed by atoms with van der Waals surface area (Å²) in [5, 5.41) is 37.9. The van der Waals surface area contributed by atoms with Crippen LogP contribution in [0.25, 0.3) is 0 Å². The molecule has 0 aromatic heterocycles. The molecule has 0 aliphatic heterocycles. The average Bonchev–Trinajstić information content (AvgIpc) is 0.769. The van der Waals surface area contributed by atoms with Crippen LogP contribution in [-0.2, 0) is 24.6 Å². The van der Waals surface area contributed by atoms with Crippen LogP contribution in [0, 0.1) is 22.7 Å². The molecule has 0 spiro atoms. The number of aliphatic hydroxyl groups is 2. The van der Waals surface area contributed by atoms with Gasteiger partial charge < -0.3 is 32.8 Å². The van der Waals surface area contributed by atoms with Crippen LogP contribution in [-0.4, -0.2) is 107 Å². The molecule has 0 amide bonds. The van der Waals surface area contributed by atoms with Gasteiger partial charge in [-0.3, -0.25) is 23.9 Å². The summed E-state index contributed by atoms with van der Waals surface area (Å²) >= 11 is 0. The maximum Gasteiger partial charge on any atom is 0.194 e. The smallest absolute Gasteiger partial charge is 0.194 e. The molecule has 7 aromatic carbocycles. The van der Waals surface area contributed by atoms with E-state index in [1.54, 1.807) is 99.7 Å². The number of quaternary nitrogens is 1. The van der Waals surface area contributed by atoms with Crippen LogP contribution < -0.4 is 0 Å². The zero-order valence-corrected chi connectivity index (χ0v) is 67.9. The van der Waals surface area contributed by atoms with E-state index in [1.165, 1.54) is 5.56 Å². The summed E-state index contributed by atoms with van der Waals surface area (Å²) in [7, 11) is 1.52. The highest BCUT2D eigenvalue weighted by atomic mass is 28.4. The first-order valence-corrected chi connectivity index (χ1v) is 45.0. The van der Waals surface area contributed by atoms with E-state index in [0.717, 1.165) is 46.8 Å². The van der Waals surface area contributed by atoms with Gasteiger partial charge in [-0.25, -0.2) is 0 Å². The third-order valence-corrected chi connectivity index (χ3v) is 17.1. The molecule has 5 atom stereocenters. The fourth-order valence-electron chi connectivity index (χ4n) is 9.22. The molecule has 7 rings (SSSR count). The van der Waals surface area contributed by atoms with Crippen molar-refractivity contribution in [2.24, 2.45) is 0 Å². The lowest BCUT2D eigenvalue weighted by atomic mass is 9.90. The quantitative estimate of drug-likeness (QED) is 0.0148. The number of aldehydes is 1. The second-order valence-corrected chi connectivity index (χ2v) is 42.2. The van der Waals surface area contributed by atoms with E-state index in [1.807, 2.05) is 134 Å². The number of benzene rings is 7. The number of carbonyl (C=O) groups is 5.